The Balaban J connectivity index is -0.0000000522. The monoisotopic (exact) mass is 1320 g/mol. The fraction of sp³-hybridized carbons (Fsp3) is 0.250. The van der Waals surface area contributed by atoms with E-state index in [9.17, 15) is 59.4 Å². The van der Waals surface area contributed by atoms with Gasteiger partial charge in [0.05, 0.1) is 35.8 Å². The largest absolute Gasteiger partial charge is 3.00 e. The number of carbonyl (C=O) groups is 6. The average molecular weight is 1320 g/mol. The van der Waals surface area contributed by atoms with E-state index < -0.39 is 35.8 Å². The number of aromatic carboxylic acids is 6. The van der Waals surface area contributed by atoms with Crippen LogP contribution >= 0.6 is 0 Å². The molecule has 18 heteroatoms. The molecule has 0 fully saturated rings. The maximum absolute atomic E-state index is 11.0. The third-order valence-electron chi connectivity index (χ3n) is 8.71. The van der Waals surface area contributed by atoms with E-state index in [1.807, 2.05) is 0 Å². The molecule has 0 radical (unpaired) electrons. The van der Waals surface area contributed by atoms with Crippen LogP contribution in [0.25, 0.3) is 33.4 Å². The average Bonchev–Trinajstić information content (AvgIpc) is 3.74. The number of hydrogen-bond acceptors (Lipinski definition) is 12. The van der Waals surface area contributed by atoms with Crippen molar-refractivity contribution < 1.29 is 59.4 Å². The Morgan fingerprint density at radius 1 is 0.222 bits per heavy atom. The standard InChI is InChI=1S/3C14H10O4.C6H14.12C2H5.6Al/c3*15-13(16)11-7-3-1-5-9(11)10-6-2-4-8-12(10)14(17)18;1-3-5-6-4-2;12*1-2;;;;;;/h3*1-8H,(H,15,16)(H,17,18);3-6H2,1-2H3;12*1H2,2H3;;;;;;/q;;;;12*-1;6*+3/p-6. The van der Waals surface area contributed by atoms with Gasteiger partial charge in [0.15, 0.2) is 0 Å². The molecule has 0 aromatic heterocycles. The molecule has 0 aliphatic heterocycles. The summed E-state index contributed by atoms with van der Waals surface area (Å²) in [5.41, 5.74) is 1.52. The van der Waals surface area contributed by atoms with Gasteiger partial charge in [-0.3, -0.25) is 0 Å². The van der Waals surface area contributed by atoms with Crippen LogP contribution in [-0.4, -0.2) is 140 Å². The minimum atomic E-state index is -1.35. The third kappa shape index (κ3) is 56.1. The Labute approximate surface area is 612 Å². The second-order valence-electron chi connectivity index (χ2n) is 12.7. The van der Waals surface area contributed by atoms with Gasteiger partial charge in [-0.1, -0.05) is 185 Å². The number of unbranched alkanes of at least 4 members (excludes halogenated alkanes) is 3. The summed E-state index contributed by atoms with van der Waals surface area (Å²) in [6.07, 6.45) is 5.54. The summed E-state index contributed by atoms with van der Waals surface area (Å²) in [5, 5.41) is 66.0. The van der Waals surface area contributed by atoms with E-state index in [4.69, 9.17) is 0 Å². The van der Waals surface area contributed by atoms with E-state index in [1.165, 1.54) is 98.5 Å². The zero-order valence-corrected chi connectivity index (χ0v) is 63.5. The summed E-state index contributed by atoms with van der Waals surface area (Å²) in [7, 11) is 0. The minimum absolute atomic E-state index is 0. The molecule has 0 spiro atoms. The van der Waals surface area contributed by atoms with Gasteiger partial charge < -0.3 is 142 Å². The Hall–Kier alpha value is -4.67. The topological polar surface area (TPSA) is 241 Å². The minimum Gasteiger partial charge on any atom is -0.545 e. The van der Waals surface area contributed by atoms with Gasteiger partial charge in [-0.2, -0.15) is 83.1 Å². The van der Waals surface area contributed by atoms with Gasteiger partial charge in [-0.25, -0.2) is 0 Å². The van der Waals surface area contributed by atoms with Crippen LogP contribution in [0.1, 0.15) is 185 Å². The van der Waals surface area contributed by atoms with Gasteiger partial charge in [0, 0.05) is 33.4 Å². The molecule has 0 saturated carbocycles. The fourth-order valence-corrected chi connectivity index (χ4v) is 5.88. The molecule has 6 rings (SSSR count). The summed E-state index contributed by atoms with van der Waals surface area (Å²) < 4.78 is 0. The van der Waals surface area contributed by atoms with E-state index in [-0.39, 0.29) is 138 Å². The zero-order valence-electron chi connectivity index (χ0n) is 56.5. The van der Waals surface area contributed by atoms with Gasteiger partial charge in [-0.15, -0.1) is 0 Å². The second-order valence-corrected chi connectivity index (χ2v) is 12.7. The predicted octanol–water partition coefficient (Wildman–Crippen LogP) is 10.6. The molecule has 0 N–H and O–H groups in total. The number of rotatable bonds is 12. The number of carboxylic acids is 6. The number of carboxylic acid groups (broad SMARTS) is 6. The van der Waals surface area contributed by atoms with Gasteiger partial charge >= 0.3 is 104 Å². The SMILES string of the molecule is CCCCCC.O=C([O-])c1ccccc1-c1ccccc1C(=O)[O-].O=C([O-])c1ccccc1-c1ccccc1C(=O)[O-].O=C([O-])c1ccccc1-c1ccccc1C(=O)[O-].[Al+3].[Al+3].[Al+3].[Al+3].[Al+3].[Al+3].[CH2-]C.[CH2-]C.[CH2-]C.[CH2-]C.[CH2-]C.[CH2-]C.[CH2-]C.[CH2-]C.[CH2-]C.[CH2-]C.[CH2-]C.[CH2-]C. The molecule has 6 aromatic carbocycles. The van der Waals surface area contributed by atoms with Gasteiger partial charge in [0.1, 0.15) is 0 Å². The van der Waals surface area contributed by atoms with Crippen molar-refractivity contribution >= 4 is 140 Å². The summed E-state index contributed by atoms with van der Waals surface area (Å²) in [4.78, 5) is 66.0. The first-order valence-corrected chi connectivity index (χ1v) is 27.1. The first-order valence-electron chi connectivity index (χ1n) is 27.1. The number of carbonyl (C=O) groups excluding carboxylic acids is 6. The summed E-state index contributed by atoms with van der Waals surface area (Å²) in [6.45, 7) is 64.5. The number of benzene rings is 6. The molecule has 12 nitrogen and oxygen atoms in total. The van der Waals surface area contributed by atoms with E-state index >= 15 is 0 Å². The molecule has 6 aromatic rings. The summed E-state index contributed by atoms with van der Waals surface area (Å²) in [6, 6.07) is 36.5. The molecule has 476 valence electrons. The van der Waals surface area contributed by atoms with E-state index in [0.717, 1.165) is 0 Å². The Kier molecular flexibility index (Phi) is 137. The Bertz CT molecular complexity index is 2050. The van der Waals surface area contributed by atoms with Crippen molar-refractivity contribution in [3.05, 3.63) is 262 Å². The Morgan fingerprint density at radius 2 is 0.311 bits per heavy atom. The van der Waals surface area contributed by atoms with Crippen molar-refractivity contribution in [2.45, 2.75) is 123 Å². The Morgan fingerprint density at radius 3 is 0.389 bits per heavy atom. The molecular weight excluding hydrogens is 1220 g/mol. The maximum atomic E-state index is 11.0. The van der Waals surface area contributed by atoms with E-state index in [1.54, 1.807) is 156 Å². The van der Waals surface area contributed by atoms with Crippen LogP contribution in [0, 0.1) is 83.1 Å². The third-order valence-corrected chi connectivity index (χ3v) is 8.71. The quantitative estimate of drug-likeness (QED) is 0.0631. The van der Waals surface area contributed by atoms with Gasteiger partial charge in [0.2, 0.25) is 0 Å². The molecule has 0 heterocycles. The van der Waals surface area contributed by atoms with Crippen molar-refractivity contribution in [3.8, 4) is 33.4 Å². The molecule has 0 unspecified atom stereocenters. The van der Waals surface area contributed by atoms with Crippen molar-refractivity contribution in [2.75, 3.05) is 0 Å². The summed E-state index contributed by atoms with van der Waals surface area (Å²) in [5.74, 6) is -8.09. The zero-order chi connectivity index (χ0) is 68.2. The van der Waals surface area contributed by atoms with E-state index in [0.29, 0.717) is 33.4 Å². The van der Waals surface area contributed by atoms with Gasteiger partial charge in [0.25, 0.3) is 0 Å². The van der Waals surface area contributed by atoms with Crippen molar-refractivity contribution in [3.63, 3.8) is 0 Å². The molecule has 90 heavy (non-hydrogen) atoms. The van der Waals surface area contributed by atoms with Crippen LogP contribution in [0.15, 0.2) is 146 Å². The maximum Gasteiger partial charge on any atom is 3.00 e. The molecular formula is C72H98Al6O12. The van der Waals surface area contributed by atoms with Crippen LogP contribution in [-0.2, 0) is 0 Å². The molecule has 0 aliphatic carbocycles. The van der Waals surface area contributed by atoms with Crippen LogP contribution < -0.4 is 30.6 Å². The predicted molar refractivity (Wildman–Crippen MR) is 378 cm³/mol. The normalized spacial score (nSPS) is 7.40. The second kappa shape index (κ2) is 97.9. The van der Waals surface area contributed by atoms with Crippen molar-refractivity contribution in [1.29, 1.82) is 0 Å². The van der Waals surface area contributed by atoms with Crippen molar-refractivity contribution in [2.24, 2.45) is 0 Å². The molecule has 0 amide bonds. The smallest absolute Gasteiger partial charge is 0.545 e. The van der Waals surface area contributed by atoms with Crippen LogP contribution in [0.2, 0.25) is 0 Å². The number of hydrogen-bond donors (Lipinski definition) is 0. The van der Waals surface area contributed by atoms with Crippen molar-refractivity contribution in [1.82, 2.24) is 0 Å². The van der Waals surface area contributed by atoms with Gasteiger partial charge in [-0.05, 0) is 33.4 Å². The molecule has 0 aliphatic rings. The molecule has 0 atom stereocenters. The van der Waals surface area contributed by atoms with Crippen LogP contribution in [0.5, 0.6) is 0 Å². The first-order chi connectivity index (χ1) is 40.7. The fourth-order valence-electron chi connectivity index (χ4n) is 5.88. The first kappa shape index (κ1) is 126. The van der Waals surface area contributed by atoms with E-state index in [2.05, 4.69) is 96.9 Å². The van der Waals surface area contributed by atoms with Crippen LogP contribution in [0.4, 0.5) is 0 Å². The summed E-state index contributed by atoms with van der Waals surface area (Å²) >= 11 is 0. The molecule has 0 saturated heterocycles. The molecule has 0 bridgehead atoms. The van der Waals surface area contributed by atoms with Crippen LogP contribution in [0.3, 0.4) is 0 Å².